The molecule has 5 heteroatoms. The third-order valence-electron chi connectivity index (χ3n) is 3.41. The number of pyridine rings is 1. The van der Waals surface area contributed by atoms with Crippen LogP contribution in [0.15, 0.2) is 18.3 Å². The summed E-state index contributed by atoms with van der Waals surface area (Å²) in [7, 11) is 0. The molecule has 0 atom stereocenters. The molecular weight excluding hydrogens is 230 g/mol. The van der Waals surface area contributed by atoms with Gasteiger partial charge in [-0.15, -0.1) is 0 Å². The van der Waals surface area contributed by atoms with Gasteiger partial charge in [0.25, 0.3) is 0 Å². The molecule has 2 heterocycles. The number of aliphatic carboxylic acids is 1. The Labute approximate surface area is 107 Å². The number of rotatable bonds is 6. The second kappa shape index (κ2) is 5.46. The molecule has 18 heavy (non-hydrogen) atoms. The molecule has 2 rings (SSSR count). The summed E-state index contributed by atoms with van der Waals surface area (Å²) in [5, 5.41) is 15.4. The summed E-state index contributed by atoms with van der Waals surface area (Å²) in [4.78, 5) is 15.2. The average molecular weight is 249 g/mol. The van der Waals surface area contributed by atoms with Crippen molar-refractivity contribution in [3.8, 4) is 0 Å². The maximum Gasteiger partial charge on any atom is 0.305 e. The first-order valence-electron chi connectivity index (χ1n) is 6.25. The molecule has 0 aliphatic carbocycles. The van der Waals surface area contributed by atoms with Gasteiger partial charge in [0.05, 0.1) is 17.7 Å². The van der Waals surface area contributed by atoms with Crippen molar-refractivity contribution in [2.24, 2.45) is 0 Å². The molecule has 0 radical (unpaired) electrons. The largest absolute Gasteiger partial charge is 0.481 e. The molecular formula is C13H19N3O2. The van der Waals surface area contributed by atoms with E-state index >= 15 is 0 Å². The predicted octanol–water partition coefficient (Wildman–Crippen LogP) is 0.550. The summed E-state index contributed by atoms with van der Waals surface area (Å²) in [5.41, 5.74) is 1.91. The summed E-state index contributed by atoms with van der Waals surface area (Å²) in [6.07, 6.45) is 2.86. The lowest BCUT2D eigenvalue weighted by atomic mass is 9.88. The van der Waals surface area contributed by atoms with E-state index in [1.165, 1.54) is 5.56 Å². The maximum atomic E-state index is 10.9. The number of carboxylic acid groups (broad SMARTS) is 1. The van der Waals surface area contributed by atoms with E-state index in [0.717, 1.165) is 12.1 Å². The Morgan fingerprint density at radius 2 is 2.39 bits per heavy atom. The molecule has 0 unspecified atom stereocenters. The quantitative estimate of drug-likeness (QED) is 0.686. The normalized spacial score (nSPS) is 17.2. The summed E-state index contributed by atoms with van der Waals surface area (Å²) in [6.45, 7) is 4.12. The van der Waals surface area contributed by atoms with Crippen LogP contribution in [0.2, 0.25) is 0 Å². The smallest absolute Gasteiger partial charge is 0.305 e. The predicted molar refractivity (Wildman–Crippen MR) is 68.3 cm³/mol. The molecule has 1 saturated heterocycles. The Bertz CT molecular complexity index is 430. The zero-order chi connectivity index (χ0) is 13.0. The second-order valence-electron chi connectivity index (χ2n) is 4.77. The van der Waals surface area contributed by atoms with Crippen LogP contribution in [0.5, 0.6) is 0 Å². The summed E-state index contributed by atoms with van der Waals surface area (Å²) < 4.78 is 0. The van der Waals surface area contributed by atoms with E-state index in [4.69, 9.17) is 5.11 Å². The lowest BCUT2D eigenvalue weighted by Crippen LogP contribution is -2.68. The highest BCUT2D eigenvalue weighted by Crippen LogP contribution is 2.17. The standard InChI is InChI=1S/C13H19N3O2/c1-2-10-4-3-5-15-11(10)7-16-13(6-12(17)18)8-14-9-13/h3-5,14,16H,2,6-9H2,1H3,(H,17,18). The van der Waals surface area contributed by atoms with Gasteiger partial charge >= 0.3 is 5.97 Å². The van der Waals surface area contributed by atoms with Crippen LogP contribution in [0, 0.1) is 0 Å². The first-order valence-corrected chi connectivity index (χ1v) is 6.25. The third-order valence-corrected chi connectivity index (χ3v) is 3.41. The molecule has 3 N–H and O–H groups in total. The van der Waals surface area contributed by atoms with Gasteiger partial charge in [0.1, 0.15) is 0 Å². The van der Waals surface area contributed by atoms with Crippen LogP contribution in [0.25, 0.3) is 0 Å². The van der Waals surface area contributed by atoms with E-state index in [2.05, 4.69) is 28.6 Å². The molecule has 0 aromatic carbocycles. The van der Waals surface area contributed by atoms with Gasteiger partial charge in [-0.1, -0.05) is 13.0 Å². The average Bonchev–Trinajstić information content (AvgIpc) is 2.32. The van der Waals surface area contributed by atoms with Gasteiger partial charge in [0, 0.05) is 25.8 Å². The van der Waals surface area contributed by atoms with Crippen LogP contribution in [0.4, 0.5) is 0 Å². The van der Waals surface area contributed by atoms with Crippen molar-refractivity contribution in [2.75, 3.05) is 13.1 Å². The van der Waals surface area contributed by atoms with E-state index in [0.29, 0.717) is 19.6 Å². The molecule has 1 aromatic rings. The third kappa shape index (κ3) is 2.86. The van der Waals surface area contributed by atoms with Crippen molar-refractivity contribution in [3.63, 3.8) is 0 Å². The molecule has 1 aromatic heterocycles. The number of nitrogens with zero attached hydrogens (tertiary/aromatic N) is 1. The van der Waals surface area contributed by atoms with Crippen molar-refractivity contribution in [2.45, 2.75) is 31.8 Å². The number of aryl methyl sites for hydroxylation is 1. The van der Waals surface area contributed by atoms with Crippen LogP contribution < -0.4 is 10.6 Å². The Hall–Kier alpha value is -1.46. The minimum absolute atomic E-state index is 0.147. The fraction of sp³-hybridized carbons (Fsp3) is 0.538. The molecule has 0 amide bonds. The second-order valence-corrected chi connectivity index (χ2v) is 4.77. The highest BCUT2D eigenvalue weighted by molar-refractivity contribution is 5.68. The molecule has 0 saturated carbocycles. The Kier molecular flexibility index (Phi) is 3.93. The summed E-state index contributed by atoms with van der Waals surface area (Å²) in [6, 6.07) is 3.99. The summed E-state index contributed by atoms with van der Waals surface area (Å²) in [5.74, 6) is -0.763. The van der Waals surface area contributed by atoms with Gasteiger partial charge in [-0.25, -0.2) is 0 Å². The Morgan fingerprint density at radius 1 is 1.61 bits per heavy atom. The monoisotopic (exact) mass is 249 g/mol. The zero-order valence-corrected chi connectivity index (χ0v) is 10.6. The zero-order valence-electron chi connectivity index (χ0n) is 10.6. The number of carboxylic acids is 1. The van der Waals surface area contributed by atoms with Crippen LogP contribution in [0.1, 0.15) is 24.6 Å². The van der Waals surface area contributed by atoms with E-state index in [-0.39, 0.29) is 12.0 Å². The molecule has 1 aliphatic rings. The van der Waals surface area contributed by atoms with Gasteiger partial charge in [-0.3, -0.25) is 9.78 Å². The molecule has 98 valence electrons. The molecule has 0 spiro atoms. The van der Waals surface area contributed by atoms with Gasteiger partial charge in [-0.05, 0) is 18.1 Å². The van der Waals surface area contributed by atoms with E-state index in [9.17, 15) is 4.79 Å². The first-order chi connectivity index (χ1) is 8.65. The lowest BCUT2D eigenvalue weighted by molar-refractivity contribution is -0.139. The first kappa shape index (κ1) is 13.0. The maximum absolute atomic E-state index is 10.9. The number of hydrogen-bond donors (Lipinski definition) is 3. The van der Waals surface area contributed by atoms with Crippen LogP contribution >= 0.6 is 0 Å². The van der Waals surface area contributed by atoms with Gasteiger partial charge in [0.2, 0.25) is 0 Å². The SMILES string of the molecule is CCc1cccnc1CNC1(CC(=O)O)CNC1. The Balaban J connectivity index is 1.99. The van der Waals surface area contributed by atoms with Crippen molar-refractivity contribution in [3.05, 3.63) is 29.6 Å². The fourth-order valence-corrected chi connectivity index (χ4v) is 2.25. The minimum Gasteiger partial charge on any atom is -0.481 e. The molecule has 1 aliphatic heterocycles. The number of carbonyl (C=O) groups is 1. The number of aromatic nitrogens is 1. The van der Waals surface area contributed by atoms with Gasteiger partial charge in [-0.2, -0.15) is 0 Å². The fourth-order valence-electron chi connectivity index (χ4n) is 2.25. The van der Waals surface area contributed by atoms with Crippen molar-refractivity contribution < 1.29 is 9.90 Å². The molecule has 5 nitrogen and oxygen atoms in total. The van der Waals surface area contributed by atoms with Crippen molar-refractivity contribution in [1.82, 2.24) is 15.6 Å². The van der Waals surface area contributed by atoms with Gasteiger partial charge in [0.15, 0.2) is 0 Å². The lowest BCUT2D eigenvalue weighted by Gasteiger charge is -2.42. The number of hydrogen-bond acceptors (Lipinski definition) is 4. The topological polar surface area (TPSA) is 74.2 Å². The highest BCUT2D eigenvalue weighted by atomic mass is 16.4. The van der Waals surface area contributed by atoms with Crippen molar-refractivity contribution >= 4 is 5.97 Å². The van der Waals surface area contributed by atoms with E-state index in [1.807, 2.05) is 6.07 Å². The summed E-state index contributed by atoms with van der Waals surface area (Å²) >= 11 is 0. The van der Waals surface area contributed by atoms with E-state index < -0.39 is 5.97 Å². The molecule has 1 fully saturated rings. The Morgan fingerprint density at radius 3 is 2.94 bits per heavy atom. The van der Waals surface area contributed by atoms with Crippen LogP contribution in [-0.2, 0) is 17.8 Å². The van der Waals surface area contributed by atoms with Crippen LogP contribution in [-0.4, -0.2) is 34.7 Å². The van der Waals surface area contributed by atoms with E-state index in [1.54, 1.807) is 6.20 Å². The van der Waals surface area contributed by atoms with Gasteiger partial charge < -0.3 is 15.7 Å². The minimum atomic E-state index is -0.763. The van der Waals surface area contributed by atoms with Crippen LogP contribution in [0.3, 0.4) is 0 Å². The number of nitrogens with one attached hydrogen (secondary N) is 2. The van der Waals surface area contributed by atoms with Crippen molar-refractivity contribution in [1.29, 1.82) is 0 Å². The highest BCUT2D eigenvalue weighted by Gasteiger charge is 2.38. The molecule has 0 bridgehead atoms.